The maximum absolute atomic E-state index is 12.4. The molecular weight excluding hydrogens is 310 g/mol. The van der Waals surface area contributed by atoms with Crippen molar-refractivity contribution >= 4 is 27.4 Å². The summed E-state index contributed by atoms with van der Waals surface area (Å²) >= 11 is 0. The molecule has 120 valence electrons. The third-order valence-corrected chi connectivity index (χ3v) is 5.09. The second-order valence-electron chi connectivity index (χ2n) is 5.07. The first-order valence-corrected chi connectivity index (χ1v) is 8.12. The molecule has 3 unspecified atom stereocenters. The van der Waals surface area contributed by atoms with E-state index in [-0.39, 0.29) is 11.5 Å². The van der Waals surface area contributed by atoms with Gasteiger partial charge in [0.15, 0.2) is 17.4 Å². The van der Waals surface area contributed by atoms with Crippen molar-refractivity contribution in [2.45, 2.75) is 31.5 Å². The summed E-state index contributed by atoms with van der Waals surface area (Å²) in [5, 5.41) is 12.6. The van der Waals surface area contributed by atoms with Crippen LogP contribution in [0.25, 0.3) is 0 Å². The summed E-state index contributed by atoms with van der Waals surface area (Å²) < 4.78 is 27.1. The van der Waals surface area contributed by atoms with Gasteiger partial charge in [-0.2, -0.15) is 0 Å². The number of hydrogen-bond donors (Lipinski definition) is 4. The topological polar surface area (TPSA) is 125 Å². The summed E-state index contributed by atoms with van der Waals surface area (Å²) in [6.07, 6.45) is -1.28. The first-order chi connectivity index (χ1) is 10.2. The number of sulfonamides is 1. The van der Waals surface area contributed by atoms with Gasteiger partial charge in [0.1, 0.15) is 0 Å². The van der Waals surface area contributed by atoms with Crippen LogP contribution in [-0.2, 0) is 14.8 Å². The molecule has 1 aliphatic heterocycles. The highest BCUT2D eigenvalue weighted by Crippen LogP contribution is 2.18. The van der Waals surface area contributed by atoms with Crippen molar-refractivity contribution in [3.8, 4) is 0 Å². The largest absolute Gasteiger partial charge is 0.361 e. The number of anilines is 1. The van der Waals surface area contributed by atoms with Crippen LogP contribution in [0, 0.1) is 0 Å². The van der Waals surface area contributed by atoms with Crippen LogP contribution in [0.4, 0.5) is 5.69 Å². The Morgan fingerprint density at radius 2 is 2.05 bits per heavy atom. The molecule has 2 rings (SSSR count). The number of hydrogen-bond acceptors (Lipinski definition) is 6. The predicted molar refractivity (Wildman–Crippen MR) is 79.5 cm³/mol. The van der Waals surface area contributed by atoms with Crippen molar-refractivity contribution in [2.75, 3.05) is 4.72 Å². The maximum atomic E-state index is 12.4. The van der Waals surface area contributed by atoms with Crippen LogP contribution in [0.1, 0.15) is 24.2 Å². The van der Waals surface area contributed by atoms with Gasteiger partial charge in [-0.1, -0.05) is 12.1 Å². The van der Waals surface area contributed by atoms with Crippen LogP contribution in [-0.4, -0.2) is 42.9 Å². The van der Waals surface area contributed by atoms with E-state index in [1.165, 1.54) is 26.0 Å². The highest BCUT2D eigenvalue weighted by Gasteiger charge is 2.42. The fourth-order valence-electron chi connectivity index (χ4n) is 2.26. The van der Waals surface area contributed by atoms with Gasteiger partial charge in [-0.15, -0.1) is 0 Å². The van der Waals surface area contributed by atoms with E-state index in [1.54, 1.807) is 12.1 Å². The lowest BCUT2D eigenvalue weighted by Gasteiger charge is -2.32. The third-order valence-electron chi connectivity index (χ3n) is 3.28. The van der Waals surface area contributed by atoms with Crippen LogP contribution >= 0.6 is 0 Å². The summed E-state index contributed by atoms with van der Waals surface area (Å²) in [6.45, 7) is 2.85. The predicted octanol–water partition coefficient (Wildman–Crippen LogP) is -0.617. The number of aliphatic hydroxyl groups is 1. The van der Waals surface area contributed by atoms with Gasteiger partial charge in [0.05, 0.1) is 0 Å². The molecule has 0 radical (unpaired) electrons. The monoisotopic (exact) mass is 327 g/mol. The van der Waals surface area contributed by atoms with Gasteiger partial charge < -0.3 is 10.4 Å². The minimum absolute atomic E-state index is 0.193. The molecule has 9 heteroatoms. The van der Waals surface area contributed by atoms with Gasteiger partial charge in [-0.25, -0.2) is 8.42 Å². The molecule has 0 spiro atoms. The zero-order chi connectivity index (χ0) is 16.5. The van der Waals surface area contributed by atoms with Gasteiger partial charge >= 0.3 is 0 Å². The van der Waals surface area contributed by atoms with Crippen molar-refractivity contribution in [3.05, 3.63) is 29.8 Å². The summed E-state index contributed by atoms with van der Waals surface area (Å²) in [7, 11) is -4.05. The number of rotatable bonds is 4. The fraction of sp³-hybridized carbons (Fsp3) is 0.385. The maximum Gasteiger partial charge on any atom is 0.246 e. The van der Waals surface area contributed by atoms with Crippen molar-refractivity contribution in [3.63, 3.8) is 0 Å². The van der Waals surface area contributed by atoms with E-state index in [0.717, 1.165) is 0 Å². The van der Waals surface area contributed by atoms with E-state index in [2.05, 4.69) is 15.4 Å². The highest BCUT2D eigenvalue weighted by molar-refractivity contribution is 7.94. The summed E-state index contributed by atoms with van der Waals surface area (Å²) in [6, 6.07) is 5.21. The van der Waals surface area contributed by atoms with Crippen molar-refractivity contribution in [2.24, 2.45) is 0 Å². The van der Waals surface area contributed by atoms with Crippen LogP contribution in [0.2, 0.25) is 0 Å². The second-order valence-corrected chi connectivity index (χ2v) is 6.87. The van der Waals surface area contributed by atoms with E-state index in [1.807, 2.05) is 0 Å². The lowest BCUT2D eigenvalue weighted by molar-refractivity contribution is -0.127. The lowest BCUT2D eigenvalue weighted by Crippen LogP contribution is -2.65. The minimum atomic E-state index is -4.05. The number of carbonyl (C=O) groups excluding carboxylic acids is 2. The molecule has 0 aromatic heterocycles. The van der Waals surface area contributed by atoms with Crippen molar-refractivity contribution < 1.29 is 23.1 Å². The van der Waals surface area contributed by atoms with E-state index >= 15 is 0 Å². The Bertz CT molecular complexity index is 703. The number of carbonyl (C=O) groups is 2. The molecule has 8 nitrogen and oxygen atoms in total. The summed E-state index contributed by atoms with van der Waals surface area (Å²) in [4.78, 5) is 23.2. The smallest absolute Gasteiger partial charge is 0.246 e. The Morgan fingerprint density at radius 1 is 1.36 bits per heavy atom. The number of ketones is 1. The second kappa shape index (κ2) is 6.03. The van der Waals surface area contributed by atoms with E-state index in [4.69, 9.17) is 0 Å². The van der Waals surface area contributed by atoms with Gasteiger partial charge in [-0.05, 0) is 26.0 Å². The molecule has 0 aliphatic carbocycles. The molecule has 3 atom stereocenters. The van der Waals surface area contributed by atoms with Crippen molar-refractivity contribution in [1.82, 2.24) is 10.6 Å². The molecule has 1 aromatic carbocycles. The first-order valence-electron chi connectivity index (χ1n) is 6.58. The molecule has 0 bridgehead atoms. The summed E-state index contributed by atoms with van der Waals surface area (Å²) in [5.41, 5.74) is 0.550. The molecule has 1 amide bonds. The Kier molecular flexibility index (Phi) is 4.50. The molecule has 4 N–H and O–H groups in total. The van der Waals surface area contributed by atoms with Crippen LogP contribution in [0.3, 0.4) is 0 Å². The van der Waals surface area contributed by atoms with Gasteiger partial charge in [-0.3, -0.25) is 19.6 Å². The lowest BCUT2D eigenvalue weighted by atomic mass is 10.1. The zero-order valence-corrected chi connectivity index (χ0v) is 12.8. The van der Waals surface area contributed by atoms with Crippen LogP contribution in [0.15, 0.2) is 24.3 Å². The van der Waals surface area contributed by atoms with Gasteiger partial charge in [0.2, 0.25) is 15.9 Å². The Hall–Kier alpha value is -1.97. The molecular formula is C13H17N3O5S. The standard InChI is InChI=1S/C13H17N3O5S/c1-7-11(12(18)15-13(19)14-7)22(20,21)16-10-5-3-4-9(6-10)8(2)17/h3-7,11,13-14,16,19H,1-2H3,(H,15,18). The molecule has 1 saturated heterocycles. The molecule has 1 heterocycles. The Balaban J connectivity index is 2.26. The number of nitrogens with one attached hydrogen (secondary N) is 3. The normalized spacial score (nSPS) is 25.4. The van der Waals surface area contributed by atoms with Crippen LogP contribution < -0.4 is 15.4 Å². The third kappa shape index (κ3) is 3.43. The Morgan fingerprint density at radius 3 is 2.64 bits per heavy atom. The number of aliphatic hydroxyl groups excluding tert-OH is 1. The quantitative estimate of drug-likeness (QED) is 0.547. The van der Waals surface area contributed by atoms with E-state index in [0.29, 0.717) is 5.56 Å². The molecule has 0 saturated carbocycles. The summed E-state index contributed by atoms with van der Waals surface area (Å²) in [5.74, 6) is -0.997. The molecule has 1 fully saturated rings. The van der Waals surface area contributed by atoms with E-state index in [9.17, 15) is 23.1 Å². The Labute approximate surface area is 128 Å². The molecule has 1 aromatic rings. The number of Topliss-reactive ketones (excluding diaryl/α,β-unsaturated/α-hetero) is 1. The van der Waals surface area contributed by atoms with Crippen molar-refractivity contribution in [1.29, 1.82) is 0 Å². The van der Waals surface area contributed by atoms with E-state index < -0.39 is 33.6 Å². The first kappa shape index (κ1) is 16.4. The average Bonchev–Trinajstić information content (AvgIpc) is 2.36. The number of benzene rings is 1. The SMILES string of the molecule is CC(=O)c1cccc(NS(=O)(=O)C2C(=O)NC(O)NC2C)c1. The minimum Gasteiger partial charge on any atom is -0.361 e. The number of amides is 1. The fourth-order valence-corrected chi connectivity index (χ4v) is 3.81. The van der Waals surface area contributed by atoms with Gasteiger partial charge in [0, 0.05) is 17.3 Å². The molecule has 1 aliphatic rings. The zero-order valence-electron chi connectivity index (χ0n) is 12.0. The average molecular weight is 327 g/mol. The van der Waals surface area contributed by atoms with Gasteiger partial charge in [0.25, 0.3) is 0 Å². The van der Waals surface area contributed by atoms with Crippen LogP contribution in [0.5, 0.6) is 0 Å². The highest BCUT2D eigenvalue weighted by atomic mass is 32.2. The molecule has 22 heavy (non-hydrogen) atoms.